The average molecular weight is 278 g/mol. The predicted octanol–water partition coefficient (Wildman–Crippen LogP) is 1.04. The topological polar surface area (TPSA) is 61.9 Å². The first kappa shape index (κ1) is 13.7. The van der Waals surface area contributed by atoms with Crippen LogP contribution in [0.3, 0.4) is 0 Å². The summed E-state index contributed by atoms with van der Waals surface area (Å²) < 4.78 is 0. The third kappa shape index (κ3) is 3.07. The summed E-state index contributed by atoms with van der Waals surface area (Å²) in [6.07, 6.45) is 5.44. The number of nitrogens with two attached hydrogens (primary N) is 1. The maximum absolute atomic E-state index is 11.9. The highest BCUT2D eigenvalue weighted by molar-refractivity contribution is 5.80. The van der Waals surface area contributed by atoms with Crippen molar-refractivity contribution in [2.24, 2.45) is 22.6 Å². The van der Waals surface area contributed by atoms with E-state index in [1.165, 1.54) is 25.7 Å². The van der Waals surface area contributed by atoms with Crippen molar-refractivity contribution in [3.05, 3.63) is 0 Å². The molecule has 0 aromatic rings. The second kappa shape index (κ2) is 5.62. The molecule has 3 fully saturated rings. The minimum atomic E-state index is 0.318. The molecule has 0 aromatic carbocycles. The number of hydrogen-bond donors (Lipinski definition) is 1. The predicted molar refractivity (Wildman–Crippen MR) is 79.3 cm³/mol. The molecule has 2 saturated heterocycles. The number of rotatable bonds is 3. The van der Waals surface area contributed by atoms with Crippen molar-refractivity contribution >= 4 is 11.9 Å². The summed E-state index contributed by atoms with van der Waals surface area (Å²) in [5.41, 5.74) is 6.09. The fraction of sp³-hybridized carbons (Fsp3) is 0.867. The molecule has 3 aliphatic rings. The number of carbonyl (C=O) groups is 1. The Hall–Kier alpha value is -1.26. The van der Waals surface area contributed by atoms with Crippen molar-refractivity contribution in [2.75, 3.05) is 26.2 Å². The lowest BCUT2D eigenvalue weighted by Gasteiger charge is -2.31. The number of likely N-dealkylation sites (tertiary alicyclic amines) is 2. The van der Waals surface area contributed by atoms with Crippen LogP contribution in [-0.4, -0.2) is 53.9 Å². The number of piperidine rings is 1. The highest BCUT2D eigenvalue weighted by Gasteiger charge is 2.39. The molecule has 0 aromatic heterocycles. The Kier molecular flexibility index (Phi) is 3.85. The van der Waals surface area contributed by atoms with Crippen LogP contribution in [0.5, 0.6) is 0 Å². The van der Waals surface area contributed by atoms with Crippen LogP contribution in [0.2, 0.25) is 0 Å². The fourth-order valence-corrected chi connectivity index (χ4v) is 3.23. The van der Waals surface area contributed by atoms with E-state index in [1.54, 1.807) is 0 Å². The lowest BCUT2D eigenvalue weighted by atomic mass is 10.00. The van der Waals surface area contributed by atoms with Crippen molar-refractivity contribution in [3.63, 3.8) is 0 Å². The highest BCUT2D eigenvalue weighted by atomic mass is 16.2. The number of guanidine groups is 1. The number of carbonyl (C=O) groups excluding carboxylic acids is 1. The summed E-state index contributed by atoms with van der Waals surface area (Å²) in [6, 6.07) is 0.539. The van der Waals surface area contributed by atoms with E-state index in [1.807, 2.05) is 0 Å². The molecular formula is C15H26N4O. The Morgan fingerprint density at radius 1 is 1.30 bits per heavy atom. The van der Waals surface area contributed by atoms with Gasteiger partial charge in [0.05, 0.1) is 0 Å². The van der Waals surface area contributed by atoms with E-state index in [0.717, 1.165) is 25.6 Å². The van der Waals surface area contributed by atoms with Crippen LogP contribution < -0.4 is 5.73 Å². The van der Waals surface area contributed by atoms with E-state index in [-0.39, 0.29) is 0 Å². The normalized spacial score (nSPS) is 29.4. The number of hydrogen-bond acceptors (Lipinski definition) is 2. The Bertz CT molecular complexity index is 397. The lowest BCUT2D eigenvalue weighted by Crippen LogP contribution is -2.42. The van der Waals surface area contributed by atoms with E-state index in [2.05, 4.69) is 21.7 Å². The molecule has 20 heavy (non-hydrogen) atoms. The number of aliphatic imine (C=N–C) groups is 1. The molecule has 5 heteroatoms. The molecule has 0 spiro atoms. The molecule has 1 amide bonds. The molecule has 0 bridgehead atoms. The van der Waals surface area contributed by atoms with Gasteiger partial charge in [-0.15, -0.1) is 0 Å². The van der Waals surface area contributed by atoms with Gasteiger partial charge in [-0.1, -0.05) is 6.92 Å². The lowest BCUT2D eigenvalue weighted by molar-refractivity contribution is -0.128. The minimum absolute atomic E-state index is 0.318. The van der Waals surface area contributed by atoms with E-state index in [9.17, 15) is 4.79 Å². The summed E-state index contributed by atoms with van der Waals surface area (Å²) in [6.45, 7) is 5.92. The zero-order chi connectivity index (χ0) is 14.1. The van der Waals surface area contributed by atoms with Crippen molar-refractivity contribution in [2.45, 2.75) is 45.1 Å². The largest absolute Gasteiger partial charge is 0.370 e. The molecule has 1 aliphatic carbocycles. The second-order valence-electron chi connectivity index (χ2n) is 6.72. The van der Waals surface area contributed by atoms with Gasteiger partial charge >= 0.3 is 0 Å². The Morgan fingerprint density at radius 2 is 2.00 bits per heavy atom. The van der Waals surface area contributed by atoms with Gasteiger partial charge in [0.1, 0.15) is 0 Å². The van der Waals surface area contributed by atoms with Crippen LogP contribution in [0.25, 0.3) is 0 Å². The van der Waals surface area contributed by atoms with Gasteiger partial charge in [-0.25, -0.2) is 0 Å². The van der Waals surface area contributed by atoms with Gasteiger partial charge < -0.3 is 15.5 Å². The van der Waals surface area contributed by atoms with E-state index >= 15 is 0 Å². The van der Waals surface area contributed by atoms with Crippen molar-refractivity contribution < 1.29 is 4.79 Å². The third-order valence-electron chi connectivity index (χ3n) is 4.85. The summed E-state index contributed by atoms with van der Waals surface area (Å²) in [4.78, 5) is 20.7. The molecule has 112 valence electrons. The van der Waals surface area contributed by atoms with Gasteiger partial charge in [-0.3, -0.25) is 9.79 Å². The fourth-order valence-electron chi connectivity index (χ4n) is 3.23. The maximum Gasteiger partial charge on any atom is 0.223 e. The molecule has 1 saturated carbocycles. The van der Waals surface area contributed by atoms with Crippen LogP contribution in [-0.2, 0) is 4.79 Å². The Labute approximate surface area is 121 Å². The van der Waals surface area contributed by atoms with Gasteiger partial charge in [0.15, 0.2) is 5.96 Å². The summed E-state index contributed by atoms with van der Waals surface area (Å²) >= 11 is 0. The second-order valence-corrected chi connectivity index (χ2v) is 6.72. The van der Waals surface area contributed by atoms with Gasteiger partial charge in [0.2, 0.25) is 5.91 Å². The Morgan fingerprint density at radius 3 is 2.65 bits per heavy atom. The van der Waals surface area contributed by atoms with E-state index < -0.39 is 0 Å². The number of nitrogens with zero attached hydrogens (tertiary/aromatic N) is 3. The van der Waals surface area contributed by atoms with Gasteiger partial charge in [-0.2, -0.15) is 0 Å². The van der Waals surface area contributed by atoms with E-state index in [4.69, 9.17) is 5.73 Å². The summed E-state index contributed by atoms with van der Waals surface area (Å²) in [5, 5.41) is 0. The molecule has 3 rings (SSSR count). The highest BCUT2D eigenvalue weighted by Crippen LogP contribution is 2.32. The van der Waals surface area contributed by atoms with Crippen LogP contribution in [0.15, 0.2) is 4.99 Å². The Balaban J connectivity index is 1.48. The first-order valence-electron chi connectivity index (χ1n) is 7.98. The zero-order valence-corrected chi connectivity index (χ0v) is 12.4. The van der Waals surface area contributed by atoms with Crippen LogP contribution in [0.1, 0.15) is 39.0 Å². The maximum atomic E-state index is 11.9. The van der Waals surface area contributed by atoms with Gasteiger partial charge in [-0.05, 0) is 31.6 Å². The van der Waals surface area contributed by atoms with Crippen molar-refractivity contribution in [1.82, 2.24) is 9.80 Å². The van der Waals surface area contributed by atoms with Gasteiger partial charge in [0.25, 0.3) is 0 Å². The van der Waals surface area contributed by atoms with Crippen LogP contribution in [0.4, 0.5) is 0 Å². The molecular weight excluding hydrogens is 252 g/mol. The average Bonchev–Trinajstić information content (AvgIpc) is 3.21. The zero-order valence-electron chi connectivity index (χ0n) is 12.4. The molecule has 1 atom stereocenters. The smallest absolute Gasteiger partial charge is 0.223 e. The van der Waals surface area contributed by atoms with Crippen molar-refractivity contribution in [3.8, 4) is 0 Å². The standard InChI is InChI=1S/C15H26N4O/c1-11-4-6-18(7-5-11)15(16)17-9-12-8-14(20)19(10-12)13-2-3-13/h11-13H,2-10H2,1H3,(H2,16,17). The van der Waals surface area contributed by atoms with Crippen LogP contribution in [0, 0.1) is 11.8 Å². The van der Waals surface area contributed by atoms with Crippen molar-refractivity contribution in [1.29, 1.82) is 0 Å². The molecule has 2 heterocycles. The third-order valence-corrected chi connectivity index (χ3v) is 4.85. The summed E-state index contributed by atoms with van der Waals surface area (Å²) in [5.74, 6) is 2.16. The molecule has 0 radical (unpaired) electrons. The first-order chi connectivity index (χ1) is 9.63. The quantitative estimate of drug-likeness (QED) is 0.620. The van der Waals surface area contributed by atoms with Gasteiger partial charge in [0, 0.05) is 44.6 Å². The summed E-state index contributed by atoms with van der Waals surface area (Å²) in [7, 11) is 0. The monoisotopic (exact) mass is 278 g/mol. The minimum Gasteiger partial charge on any atom is -0.370 e. The van der Waals surface area contributed by atoms with E-state index in [0.29, 0.717) is 36.8 Å². The molecule has 2 N–H and O–H groups in total. The first-order valence-corrected chi connectivity index (χ1v) is 7.98. The van der Waals surface area contributed by atoms with Crippen LogP contribution >= 0.6 is 0 Å². The number of amides is 1. The SMILES string of the molecule is CC1CCN(C(N)=NCC2CC(=O)N(C3CC3)C2)CC1. The molecule has 5 nitrogen and oxygen atoms in total. The molecule has 2 aliphatic heterocycles. The molecule has 1 unspecified atom stereocenters.